The zero-order valence-corrected chi connectivity index (χ0v) is 12.8. The summed E-state index contributed by atoms with van der Waals surface area (Å²) >= 11 is 0. The van der Waals surface area contributed by atoms with Crippen molar-refractivity contribution in [1.82, 2.24) is 0 Å². The van der Waals surface area contributed by atoms with Crippen molar-refractivity contribution >= 4 is 23.4 Å². The van der Waals surface area contributed by atoms with Crippen molar-refractivity contribution in [2.45, 2.75) is 13.5 Å². The fraction of sp³-hybridized carbons (Fsp3) is 0.111. The van der Waals surface area contributed by atoms with Crippen LogP contribution in [0.3, 0.4) is 0 Å². The molecule has 0 radical (unpaired) electrons. The van der Waals surface area contributed by atoms with Gasteiger partial charge in [0.05, 0.1) is 17.0 Å². The van der Waals surface area contributed by atoms with E-state index < -0.39 is 6.61 Å². The van der Waals surface area contributed by atoms with Crippen LogP contribution in [0.15, 0.2) is 65.3 Å². The molecule has 0 aliphatic carbocycles. The Morgan fingerprint density at radius 1 is 1.12 bits per heavy atom. The second kappa shape index (κ2) is 6.62. The van der Waals surface area contributed by atoms with Crippen molar-refractivity contribution in [2.24, 2.45) is 5.10 Å². The Morgan fingerprint density at radius 3 is 2.58 bits per heavy atom. The summed E-state index contributed by atoms with van der Waals surface area (Å²) in [6, 6.07) is 15.2. The highest BCUT2D eigenvalue weighted by Gasteiger charge is 2.28. The van der Waals surface area contributed by atoms with E-state index in [9.17, 15) is 13.6 Å². The van der Waals surface area contributed by atoms with Crippen molar-refractivity contribution in [3.05, 3.63) is 65.7 Å². The molecule has 0 unspecified atom stereocenters. The lowest BCUT2D eigenvalue weighted by Crippen LogP contribution is -2.21. The van der Waals surface area contributed by atoms with Gasteiger partial charge in [-0.3, -0.25) is 4.79 Å². The second-order valence-electron chi connectivity index (χ2n) is 5.15. The minimum absolute atomic E-state index is 0.0410. The van der Waals surface area contributed by atoms with Gasteiger partial charge in [-0.15, -0.1) is 0 Å². The van der Waals surface area contributed by atoms with Crippen LogP contribution in [-0.2, 0) is 4.79 Å². The number of rotatable bonds is 4. The van der Waals surface area contributed by atoms with E-state index in [1.807, 2.05) is 18.2 Å². The molecule has 0 aromatic heterocycles. The zero-order chi connectivity index (χ0) is 17.1. The van der Waals surface area contributed by atoms with Crippen molar-refractivity contribution in [3.63, 3.8) is 0 Å². The van der Waals surface area contributed by atoms with Crippen LogP contribution in [0.2, 0.25) is 0 Å². The van der Waals surface area contributed by atoms with E-state index in [1.165, 1.54) is 17.1 Å². The van der Waals surface area contributed by atoms with E-state index in [2.05, 4.69) is 9.84 Å². The minimum Gasteiger partial charge on any atom is -0.435 e. The molecule has 6 heteroatoms. The first-order valence-electron chi connectivity index (χ1n) is 7.26. The number of anilines is 1. The van der Waals surface area contributed by atoms with Gasteiger partial charge in [-0.2, -0.15) is 18.9 Å². The summed E-state index contributed by atoms with van der Waals surface area (Å²) in [4.78, 5) is 12.6. The third-order valence-electron chi connectivity index (χ3n) is 3.46. The molecule has 3 rings (SSSR count). The highest BCUT2D eigenvalue weighted by Crippen LogP contribution is 2.25. The summed E-state index contributed by atoms with van der Waals surface area (Å²) in [6.45, 7) is -1.16. The molecule has 1 aliphatic heterocycles. The number of amides is 1. The molecule has 0 saturated heterocycles. The minimum atomic E-state index is -2.89. The van der Waals surface area contributed by atoms with E-state index in [1.54, 1.807) is 37.3 Å². The Balaban J connectivity index is 1.89. The van der Waals surface area contributed by atoms with Crippen LogP contribution in [0.4, 0.5) is 14.5 Å². The average Bonchev–Trinajstić information content (AvgIpc) is 2.84. The number of para-hydroxylation sites is 1. The van der Waals surface area contributed by atoms with E-state index >= 15 is 0 Å². The van der Waals surface area contributed by atoms with Crippen LogP contribution in [0.25, 0.3) is 6.08 Å². The number of benzene rings is 2. The van der Waals surface area contributed by atoms with Crippen LogP contribution < -0.4 is 9.75 Å². The SMILES string of the molecule is CC1=NN(c2ccccc2)C(=O)/C1=C\c1cccc(OC(F)F)c1. The lowest BCUT2D eigenvalue weighted by atomic mass is 10.1. The smallest absolute Gasteiger partial charge is 0.387 e. The van der Waals surface area contributed by atoms with Gasteiger partial charge in [-0.05, 0) is 42.8 Å². The molecule has 4 nitrogen and oxygen atoms in total. The van der Waals surface area contributed by atoms with Gasteiger partial charge in [-0.25, -0.2) is 0 Å². The maximum Gasteiger partial charge on any atom is 0.387 e. The molecular formula is C18H14F2N2O2. The Bertz CT molecular complexity index is 817. The Hall–Kier alpha value is -3.02. The van der Waals surface area contributed by atoms with Crippen LogP contribution in [0.5, 0.6) is 5.75 Å². The van der Waals surface area contributed by atoms with Crippen LogP contribution in [-0.4, -0.2) is 18.2 Å². The lowest BCUT2D eigenvalue weighted by molar-refractivity contribution is -0.114. The molecule has 0 saturated carbocycles. The van der Waals surface area contributed by atoms with Crippen molar-refractivity contribution in [3.8, 4) is 5.75 Å². The highest BCUT2D eigenvalue weighted by molar-refractivity contribution is 6.32. The Morgan fingerprint density at radius 2 is 1.88 bits per heavy atom. The Labute approximate surface area is 137 Å². The Kier molecular flexibility index (Phi) is 4.37. The molecule has 0 spiro atoms. The molecule has 0 fully saturated rings. The van der Waals surface area contributed by atoms with Crippen molar-refractivity contribution in [1.29, 1.82) is 0 Å². The average molecular weight is 328 g/mol. The van der Waals surface area contributed by atoms with E-state index in [0.717, 1.165) is 0 Å². The molecule has 0 N–H and O–H groups in total. The summed E-state index contributed by atoms with van der Waals surface area (Å²) in [5, 5.41) is 5.59. The molecule has 122 valence electrons. The largest absolute Gasteiger partial charge is 0.435 e. The first kappa shape index (κ1) is 15.9. The number of hydrogen-bond acceptors (Lipinski definition) is 3. The summed E-state index contributed by atoms with van der Waals surface area (Å²) in [5.41, 5.74) is 2.22. The number of halogens is 2. The van der Waals surface area contributed by atoms with Gasteiger partial charge in [0.15, 0.2) is 0 Å². The molecule has 0 atom stereocenters. The maximum absolute atomic E-state index is 12.6. The summed E-state index contributed by atoms with van der Waals surface area (Å²) in [6.07, 6.45) is 1.61. The third-order valence-corrected chi connectivity index (χ3v) is 3.46. The second-order valence-corrected chi connectivity index (χ2v) is 5.15. The molecular weight excluding hydrogens is 314 g/mol. The van der Waals surface area contributed by atoms with Gasteiger partial charge in [0.25, 0.3) is 5.91 Å². The van der Waals surface area contributed by atoms with Crippen LogP contribution >= 0.6 is 0 Å². The zero-order valence-electron chi connectivity index (χ0n) is 12.8. The fourth-order valence-corrected chi connectivity index (χ4v) is 2.38. The van der Waals surface area contributed by atoms with E-state index in [0.29, 0.717) is 22.5 Å². The van der Waals surface area contributed by atoms with Crippen molar-refractivity contribution in [2.75, 3.05) is 5.01 Å². The quantitative estimate of drug-likeness (QED) is 0.793. The predicted molar refractivity (Wildman–Crippen MR) is 88.1 cm³/mol. The number of alkyl halides is 2. The monoisotopic (exact) mass is 328 g/mol. The molecule has 1 heterocycles. The predicted octanol–water partition coefficient (Wildman–Crippen LogP) is 4.09. The molecule has 24 heavy (non-hydrogen) atoms. The maximum atomic E-state index is 12.6. The van der Waals surface area contributed by atoms with Gasteiger partial charge in [0, 0.05) is 0 Å². The number of carbonyl (C=O) groups excluding carboxylic acids is 1. The van der Waals surface area contributed by atoms with Gasteiger partial charge in [0.1, 0.15) is 5.75 Å². The number of nitrogens with zero attached hydrogens (tertiary/aromatic N) is 2. The standard InChI is InChI=1S/C18H14F2N2O2/c1-12-16(11-13-6-5-9-15(10-13)24-18(19)20)17(23)22(21-12)14-7-3-2-4-8-14/h2-11,18H,1H3/b16-11-. The summed E-state index contributed by atoms with van der Waals surface area (Å²) in [5.74, 6) is -0.224. The lowest BCUT2D eigenvalue weighted by Gasteiger charge is -2.11. The summed E-state index contributed by atoms with van der Waals surface area (Å²) in [7, 11) is 0. The van der Waals surface area contributed by atoms with Gasteiger partial charge in [-0.1, -0.05) is 30.3 Å². The summed E-state index contributed by atoms with van der Waals surface area (Å²) < 4.78 is 29.0. The van der Waals surface area contributed by atoms with E-state index in [4.69, 9.17) is 0 Å². The number of hydrogen-bond donors (Lipinski definition) is 0. The molecule has 2 aromatic carbocycles. The topological polar surface area (TPSA) is 41.9 Å². The molecule has 1 amide bonds. The highest BCUT2D eigenvalue weighted by atomic mass is 19.3. The van der Waals surface area contributed by atoms with Crippen LogP contribution in [0, 0.1) is 0 Å². The van der Waals surface area contributed by atoms with Crippen LogP contribution in [0.1, 0.15) is 12.5 Å². The molecule has 0 bridgehead atoms. The number of hydrazone groups is 1. The number of ether oxygens (including phenoxy) is 1. The number of carbonyl (C=O) groups is 1. The normalized spacial score (nSPS) is 16.0. The fourth-order valence-electron chi connectivity index (χ4n) is 2.38. The van der Waals surface area contributed by atoms with Gasteiger partial charge in [0.2, 0.25) is 0 Å². The van der Waals surface area contributed by atoms with Crippen molar-refractivity contribution < 1.29 is 18.3 Å². The van der Waals surface area contributed by atoms with Gasteiger partial charge < -0.3 is 4.74 Å². The molecule has 2 aromatic rings. The molecule has 1 aliphatic rings. The van der Waals surface area contributed by atoms with Gasteiger partial charge >= 0.3 is 6.61 Å². The van der Waals surface area contributed by atoms with E-state index in [-0.39, 0.29) is 11.7 Å². The third kappa shape index (κ3) is 3.32. The first-order chi connectivity index (χ1) is 11.5. The first-order valence-corrected chi connectivity index (χ1v) is 7.26.